The number of carbonyl (C=O) groups excluding carboxylic acids is 2. The van der Waals surface area contributed by atoms with Crippen LogP contribution in [0.1, 0.15) is 87.4 Å². The molecule has 0 spiro atoms. The van der Waals surface area contributed by atoms with Crippen molar-refractivity contribution in [2.24, 2.45) is 11.8 Å². The van der Waals surface area contributed by atoms with Crippen LogP contribution in [-0.4, -0.2) is 46.3 Å². The van der Waals surface area contributed by atoms with Gasteiger partial charge in [0.05, 0.1) is 0 Å². The lowest BCUT2D eigenvalue weighted by Crippen LogP contribution is -2.50. The van der Waals surface area contributed by atoms with Crippen LogP contribution < -0.4 is 10.6 Å². The number of guanidine groups is 1. The summed E-state index contributed by atoms with van der Waals surface area (Å²) in [6.45, 7) is 0. The second-order valence-electron chi connectivity index (χ2n) is 10.2. The van der Waals surface area contributed by atoms with Gasteiger partial charge in [0.2, 0.25) is 0 Å². The van der Waals surface area contributed by atoms with E-state index in [1.54, 1.807) is 25.4 Å². The highest BCUT2D eigenvalue weighted by atomic mass is 127. The molecule has 2 saturated carbocycles. The van der Waals surface area contributed by atoms with Crippen molar-refractivity contribution >= 4 is 40.4 Å². The van der Waals surface area contributed by atoms with E-state index in [9.17, 15) is 9.59 Å². The molecule has 2 amide bonds. The second kappa shape index (κ2) is 10.7. The summed E-state index contributed by atoms with van der Waals surface area (Å²) in [7, 11) is 1.71. The normalized spacial score (nSPS) is 28.6. The SMILES string of the molecule is CN1C(=N)N[C@](CCC2CCCCC2)(C[C@H]2CCC[C@@H](NC(=O)c3ccnc(I)c3)C2)C1=O. The lowest BCUT2D eigenvalue weighted by atomic mass is 9.74. The van der Waals surface area contributed by atoms with Crippen LogP contribution in [-0.2, 0) is 4.79 Å². The minimum absolute atomic E-state index is 0.0424. The number of aromatic nitrogens is 1. The van der Waals surface area contributed by atoms with E-state index in [4.69, 9.17) is 5.41 Å². The molecule has 3 atom stereocenters. The van der Waals surface area contributed by atoms with E-state index in [1.165, 1.54) is 37.0 Å². The quantitative estimate of drug-likeness (QED) is 0.336. The van der Waals surface area contributed by atoms with Crippen molar-refractivity contribution in [1.82, 2.24) is 20.5 Å². The smallest absolute Gasteiger partial charge is 0.254 e. The summed E-state index contributed by atoms with van der Waals surface area (Å²) in [5.74, 6) is 1.26. The number of rotatable bonds is 7. The number of amides is 2. The molecule has 0 radical (unpaired) electrons. The van der Waals surface area contributed by atoms with E-state index in [1.807, 2.05) is 0 Å². The van der Waals surface area contributed by atoms with Gasteiger partial charge in [-0.15, -0.1) is 0 Å². The minimum Gasteiger partial charge on any atom is -0.349 e. The lowest BCUT2D eigenvalue weighted by molar-refractivity contribution is -0.131. The molecule has 0 aromatic carbocycles. The number of hydrogen-bond donors (Lipinski definition) is 3. The highest BCUT2D eigenvalue weighted by Crippen LogP contribution is 2.38. The Morgan fingerprint density at radius 2 is 2.00 bits per heavy atom. The van der Waals surface area contributed by atoms with Gasteiger partial charge in [-0.1, -0.05) is 44.9 Å². The average Bonchev–Trinajstić information content (AvgIpc) is 3.02. The molecule has 180 valence electrons. The summed E-state index contributed by atoms with van der Waals surface area (Å²) in [5.41, 5.74) is -0.0238. The lowest BCUT2D eigenvalue weighted by Gasteiger charge is -2.36. The highest BCUT2D eigenvalue weighted by molar-refractivity contribution is 14.1. The molecular weight excluding hydrogens is 529 g/mol. The molecule has 1 aromatic rings. The van der Waals surface area contributed by atoms with E-state index in [0.717, 1.165) is 48.6 Å². The molecule has 8 heteroatoms. The monoisotopic (exact) mass is 565 g/mol. The number of carbonyl (C=O) groups is 2. The first-order valence-corrected chi connectivity index (χ1v) is 13.5. The van der Waals surface area contributed by atoms with Crippen LogP contribution in [0.4, 0.5) is 0 Å². The fourth-order valence-electron chi connectivity index (χ4n) is 6.04. The third-order valence-corrected chi connectivity index (χ3v) is 8.45. The molecule has 1 saturated heterocycles. The third kappa shape index (κ3) is 5.87. The molecule has 7 nitrogen and oxygen atoms in total. The molecule has 3 N–H and O–H groups in total. The van der Waals surface area contributed by atoms with E-state index >= 15 is 0 Å². The minimum atomic E-state index is -0.666. The molecule has 33 heavy (non-hydrogen) atoms. The number of hydrogen-bond acceptors (Lipinski definition) is 4. The first-order valence-electron chi connectivity index (χ1n) is 12.4. The first kappa shape index (κ1) is 24.4. The summed E-state index contributed by atoms with van der Waals surface area (Å²) >= 11 is 2.12. The predicted molar refractivity (Wildman–Crippen MR) is 137 cm³/mol. The number of likely N-dealkylation sites (N-methyl/N-ethyl adjacent to an activating group) is 1. The fraction of sp³-hybridized carbons (Fsp3) is 0.680. The van der Waals surface area contributed by atoms with Gasteiger partial charge in [0.25, 0.3) is 11.8 Å². The molecular formula is C25H36IN5O2. The molecule has 1 aromatic heterocycles. The number of pyridine rings is 1. The zero-order valence-corrected chi connectivity index (χ0v) is 21.7. The van der Waals surface area contributed by atoms with Crippen molar-refractivity contribution in [1.29, 1.82) is 5.41 Å². The van der Waals surface area contributed by atoms with Crippen LogP contribution >= 0.6 is 22.6 Å². The van der Waals surface area contributed by atoms with Crippen LogP contribution in [0.15, 0.2) is 18.3 Å². The molecule has 3 fully saturated rings. The van der Waals surface area contributed by atoms with Gasteiger partial charge in [-0.05, 0) is 78.7 Å². The van der Waals surface area contributed by atoms with Crippen molar-refractivity contribution < 1.29 is 9.59 Å². The van der Waals surface area contributed by atoms with Crippen LogP contribution in [0.5, 0.6) is 0 Å². The maximum Gasteiger partial charge on any atom is 0.254 e. The summed E-state index contributed by atoms with van der Waals surface area (Å²) in [6.07, 6.45) is 14.7. The average molecular weight is 566 g/mol. The Balaban J connectivity index is 1.40. The van der Waals surface area contributed by atoms with Crippen molar-refractivity contribution in [3.05, 3.63) is 27.6 Å². The Labute approximate surface area is 210 Å². The maximum atomic E-state index is 13.3. The Bertz CT molecular complexity index is 887. The Morgan fingerprint density at radius 3 is 2.70 bits per heavy atom. The Morgan fingerprint density at radius 1 is 1.24 bits per heavy atom. The topological polar surface area (TPSA) is 98.2 Å². The summed E-state index contributed by atoms with van der Waals surface area (Å²) < 4.78 is 0.805. The summed E-state index contributed by atoms with van der Waals surface area (Å²) in [5, 5.41) is 14.8. The van der Waals surface area contributed by atoms with Gasteiger partial charge in [0.15, 0.2) is 5.96 Å². The zero-order chi connectivity index (χ0) is 23.4. The van der Waals surface area contributed by atoms with Gasteiger partial charge < -0.3 is 10.6 Å². The van der Waals surface area contributed by atoms with E-state index in [2.05, 4.69) is 38.2 Å². The third-order valence-electron chi connectivity index (χ3n) is 7.86. The molecule has 2 heterocycles. The molecule has 3 aliphatic rings. The van der Waals surface area contributed by atoms with E-state index in [-0.39, 0.29) is 23.8 Å². The van der Waals surface area contributed by atoms with Crippen molar-refractivity contribution in [3.8, 4) is 0 Å². The Hall–Kier alpha value is -1.71. The van der Waals surface area contributed by atoms with Gasteiger partial charge in [-0.25, -0.2) is 0 Å². The maximum absolute atomic E-state index is 13.3. The number of halogens is 1. The predicted octanol–water partition coefficient (Wildman–Crippen LogP) is 4.46. The molecule has 0 bridgehead atoms. The van der Waals surface area contributed by atoms with Crippen LogP contribution in [0, 0.1) is 20.9 Å². The molecule has 2 aliphatic carbocycles. The van der Waals surface area contributed by atoms with Gasteiger partial charge in [0, 0.05) is 24.8 Å². The first-order chi connectivity index (χ1) is 15.9. The fourth-order valence-corrected chi connectivity index (χ4v) is 6.53. The van der Waals surface area contributed by atoms with E-state index in [0.29, 0.717) is 17.4 Å². The zero-order valence-electron chi connectivity index (χ0n) is 19.5. The van der Waals surface area contributed by atoms with Crippen molar-refractivity contribution in [2.75, 3.05) is 7.05 Å². The summed E-state index contributed by atoms with van der Waals surface area (Å²) in [6, 6.07) is 3.67. The molecule has 1 aliphatic heterocycles. The van der Waals surface area contributed by atoms with Gasteiger partial charge in [-0.2, -0.15) is 0 Å². The van der Waals surface area contributed by atoms with Crippen LogP contribution in [0.3, 0.4) is 0 Å². The molecule has 4 rings (SSSR count). The standard InChI is InChI=1S/C25H36IN5O2/c1-31-23(33)25(30-24(31)27,12-10-17-6-3-2-4-7-17)16-18-8-5-9-20(14-18)29-22(32)19-11-13-28-21(26)15-19/h11,13,15,17-18,20H,2-10,12,14,16H2,1H3,(H2,27,30)(H,29,32)/t18-,20+,25+/m0/s1. The number of nitrogens with one attached hydrogen (secondary N) is 3. The van der Waals surface area contributed by atoms with Crippen molar-refractivity contribution in [2.45, 2.75) is 88.6 Å². The van der Waals surface area contributed by atoms with Crippen LogP contribution in [0.25, 0.3) is 0 Å². The van der Waals surface area contributed by atoms with Gasteiger partial charge in [-0.3, -0.25) is 24.9 Å². The number of nitrogens with zero attached hydrogens (tertiary/aromatic N) is 2. The largest absolute Gasteiger partial charge is 0.349 e. The van der Waals surface area contributed by atoms with Gasteiger partial charge in [0.1, 0.15) is 9.24 Å². The second-order valence-corrected chi connectivity index (χ2v) is 11.3. The van der Waals surface area contributed by atoms with Crippen molar-refractivity contribution in [3.63, 3.8) is 0 Å². The summed E-state index contributed by atoms with van der Waals surface area (Å²) in [4.78, 5) is 31.7. The molecule has 0 unspecified atom stereocenters. The van der Waals surface area contributed by atoms with Crippen LogP contribution in [0.2, 0.25) is 0 Å². The Kier molecular flexibility index (Phi) is 7.91. The highest BCUT2D eigenvalue weighted by Gasteiger charge is 2.49. The van der Waals surface area contributed by atoms with Gasteiger partial charge >= 0.3 is 0 Å². The van der Waals surface area contributed by atoms with E-state index < -0.39 is 5.54 Å².